The highest BCUT2D eigenvalue weighted by Crippen LogP contribution is 2.39. The number of aromatic nitrogens is 4. The van der Waals surface area contributed by atoms with Crippen LogP contribution in [0.25, 0.3) is 5.65 Å². The van der Waals surface area contributed by atoms with E-state index in [2.05, 4.69) is 87.2 Å². The lowest BCUT2D eigenvalue weighted by Crippen LogP contribution is -2.40. The molecule has 0 fully saturated rings. The molecule has 3 aromatic rings. The molecule has 7 nitrogen and oxygen atoms in total. The number of rotatable bonds is 15. The zero-order valence-electron chi connectivity index (χ0n) is 26.1. The highest BCUT2D eigenvalue weighted by Gasteiger charge is 2.29. The minimum atomic E-state index is -0.567. The number of hydrogen-bond acceptors (Lipinski definition) is 4. The van der Waals surface area contributed by atoms with Crippen molar-refractivity contribution in [2.24, 2.45) is 0 Å². The molecule has 0 aliphatic rings. The molecule has 2 N–H and O–H groups in total. The predicted molar refractivity (Wildman–Crippen MR) is 165 cm³/mol. The third kappa shape index (κ3) is 7.39. The Morgan fingerprint density at radius 1 is 1.10 bits per heavy atom. The van der Waals surface area contributed by atoms with E-state index < -0.39 is 6.10 Å². The van der Waals surface area contributed by atoms with Crippen molar-refractivity contribution in [3.8, 4) is 5.75 Å². The van der Waals surface area contributed by atoms with Crippen LogP contribution in [0.1, 0.15) is 129 Å². The number of benzene rings is 1. The van der Waals surface area contributed by atoms with Crippen LogP contribution < -0.4 is 10.1 Å². The van der Waals surface area contributed by atoms with Crippen LogP contribution in [0.15, 0.2) is 18.2 Å². The van der Waals surface area contributed by atoms with E-state index in [9.17, 15) is 4.79 Å². The number of nitrogens with zero attached hydrogens (tertiary/aromatic N) is 3. The van der Waals surface area contributed by atoms with Gasteiger partial charge < -0.3 is 10.1 Å². The molecule has 0 aliphatic heterocycles. The summed E-state index contributed by atoms with van der Waals surface area (Å²) in [5, 5.41) is 11.3. The number of aryl methyl sites for hydroxylation is 1. The number of H-pyrrole nitrogens is 1. The fourth-order valence-electron chi connectivity index (χ4n) is 4.72. The first-order valence-electron chi connectivity index (χ1n) is 15.0. The Labute approximate surface area is 245 Å². The molecule has 0 spiro atoms. The summed E-state index contributed by atoms with van der Waals surface area (Å²) in [7, 11) is 0. The Bertz CT molecular complexity index is 1280. The summed E-state index contributed by atoms with van der Waals surface area (Å²) in [6.45, 7) is 20.0. The smallest absolute Gasteiger partial charge is 0.261 e. The van der Waals surface area contributed by atoms with E-state index in [4.69, 9.17) is 16.3 Å². The van der Waals surface area contributed by atoms with Crippen molar-refractivity contribution < 1.29 is 9.53 Å². The molecular formula is C32H50ClN5O2. The van der Waals surface area contributed by atoms with Crippen molar-refractivity contribution >= 4 is 23.2 Å². The van der Waals surface area contributed by atoms with Crippen LogP contribution in [-0.2, 0) is 15.6 Å². The number of fused-ring (bicyclic) bond motifs is 1. The van der Waals surface area contributed by atoms with Gasteiger partial charge in [0.05, 0.1) is 5.69 Å². The summed E-state index contributed by atoms with van der Waals surface area (Å²) < 4.78 is 8.20. The van der Waals surface area contributed by atoms with Gasteiger partial charge in [-0.25, -0.2) is 4.98 Å². The number of aromatic amines is 1. The van der Waals surface area contributed by atoms with Gasteiger partial charge in [-0.15, -0.1) is 5.10 Å². The normalized spacial score (nSPS) is 13.9. The second-order valence-corrected chi connectivity index (χ2v) is 12.9. The molecule has 0 saturated heterocycles. The van der Waals surface area contributed by atoms with Crippen LogP contribution in [0, 0.1) is 6.92 Å². The van der Waals surface area contributed by atoms with Gasteiger partial charge in [-0.1, -0.05) is 98.4 Å². The highest BCUT2D eigenvalue weighted by atomic mass is 35.5. The molecule has 8 heteroatoms. The third-order valence-electron chi connectivity index (χ3n) is 8.59. The Kier molecular flexibility index (Phi) is 10.7. The number of ether oxygens (including phenoxy) is 1. The average molecular weight is 572 g/mol. The number of hydrogen-bond donors (Lipinski definition) is 2. The van der Waals surface area contributed by atoms with Crippen molar-refractivity contribution in [1.29, 1.82) is 0 Å². The Hall–Kier alpha value is -2.54. The van der Waals surface area contributed by atoms with Gasteiger partial charge in [0, 0.05) is 18.0 Å². The van der Waals surface area contributed by atoms with Crippen LogP contribution in [0.2, 0.25) is 5.02 Å². The number of carbonyl (C=O) groups excluding carboxylic acids is 1. The van der Waals surface area contributed by atoms with Gasteiger partial charge in [0.1, 0.15) is 10.8 Å². The van der Waals surface area contributed by atoms with Crippen molar-refractivity contribution in [1.82, 2.24) is 25.1 Å². The Morgan fingerprint density at radius 2 is 1.80 bits per heavy atom. The van der Waals surface area contributed by atoms with Crippen molar-refractivity contribution in [3.63, 3.8) is 0 Å². The van der Waals surface area contributed by atoms with E-state index in [1.165, 1.54) is 11.1 Å². The average Bonchev–Trinajstić information content (AvgIpc) is 3.46. The Morgan fingerprint density at radius 3 is 2.42 bits per heavy atom. The molecule has 2 unspecified atom stereocenters. The predicted octanol–water partition coefficient (Wildman–Crippen LogP) is 8.03. The van der Waals surface area contributed by atoms with Crippen molar-refractivity contribution in [3.05, 3.63) is 45.9 Å². The quantitative estimate of drug-likeness (QED) is 0.181. The van der Waals surface area contributed by atoms with Gasteiger partial charge in [0.25, 0.3) is 5.91 Å². The molecule has 1 aromatic carbocycles. The van der Waals surface area contributed by atoms with Crippen LogP contribution in [0.4, 0.5) is 0 Å². The molecular weight excluding hydrogens is 522 g/mol. The van der Waals surface area contributed by atoms with E-state index in [1.54, 1.807) is 4.63 Å². The van der Waals surface area contributed by atoms with Crippen LogP contribution in [0.5, 0.6) is 5.75 Å². The van der Waals surface area contributed by atoms with Crippen molar-refractivity contribution in [2.45, 2.75) is 130 Å². The van der Waals surface area contributed by atoms with Crippen LogP contribution >= 0.6 is 11.6 Å². The first-order valence-corrected chi connectivity index (χ1v) is 15.4. The van der Waals surface area contributed by atoms with E-state index in [1.807, 2.05) is 13.8 Å². The van der Waals surface area contributed by atoms with E-state index in [0.717, 1.165) is 50.0 Å². The number of amides is 1. The zero-order chi connectivity index (χ0) is 29.7. The molecule has 0 radical (unpaired) electrons. The SMILES string of the molecule is CCCCCCC(Oc1ccc(C(C)(C)CC)cc1C(C)(C)CC)C(=O)NCC(C)c1nc2c(Cl)c(C)[nH]n2n1. The largest absolute Gasteiger partial charge is 0.480 e. The minimum absolute atomic E-state index is 0.0692. The summed E-state index contributed by atoms with van der Waals surface area (Å²) >= 11 is 6.33. The van der Waals surface area contributed by atoms with E-state index >= 15 is 0 Å². The maximum atomic E-state index is 13.6. The summed E-state index contributed by atoms with van der Waals surface area (Å²) in [5.41, 5.74) is 3.88. The molecule has 0 saturated carbocycles. The first kappa shape index (κ1) is 32.0. The molecule has 2 aromatic heterocycles. The molecule has 222 valence electrons. The highest BCUT2D eigenvalue weighted by molar-refractivity contribution is 6.34. The van der Waals surface area contributed by atoms with Gasteiger partial charge in [0.2, 0.25) is 0 Å². The lowest BCUT2D eigenvalue weighted by atomic mass is 9.76. The van der Waals surface area contributed by atoms with E-state index in [0.29, 0.717) is 29.5 Å². The lowest BCUT2D eigenvalue weighted by molar-refractivity contribution is -0.128. The summed E-state index contributed by atoms with van der Waals surface area (Å²) in [6.07, 6.45) is 6.46. The topological polar surface area (TPSA) is 84.3 Å². The molecule has 1 amide bonds. The fourth-order valence-corrected chi connectivity index (χ4v) is 4.89. The zero-order valence-corrected chi connectivity index (χ0v) is 26.8. The van der Waals surface area contributed by atoms with Gasteiger partial charge in [-0.05, 0) is 55.1 Å². The van der Waals surface area contributed by atoms with Gasteiger partial charge >= 0.3 is 0 Å². The standard InChI is InChI=1S/C32H50ClN5O2/c1-10-13-14-15-16-26(30(39)34-20-21(4)28-35-29-27(33)22(5)36-38(29)37-28)40-25-18-17-23(31(6,7)11-2)19-24(25)32(8,9)12-3/h17-19,21,26,36H,10-16,20H2,1-9H3,(H,34,39). The Balaban J connectivity index is 1.81. The van der Waals surface area contributed by atoms with Crippen LogP contribution in [-0.4, -0.2) is 38.4 Å². The number of unbranched alkanes of at least 4 members (excludes halogenated alkanes) is 3. The fraction of sp³-hybridized carbons (Fsp3) is 0.656. The number of nitrogens with one attached hydrogen (secondary N) is 2. The van der Waals surface area contributed by atoms with Crippen LogP contribution in [0.3, 0.4) is 0 Å². The number of carbonyl (C=O) groups is 1. The number of halogens is 1. The van der Waals surface area contributed by atoms with Gasteiger partial charge in [0.15, 0.2) is 17.6 Å². The monoisotopic (exact) mass is 571 g/mol. The second-order valence-electron chi connectivity index (χ2n) is 12.5. The minimum Gasteiger partial charge on any atom is -0.480 e. The first-order chi connectivity index (χ1) is 18.8. The molecule has 2 heterocycles. The molecule has 0 bridgehead atoms. The molecule has 3 rings (SSSR count). The van der Waals surface area contributed by atoms with Gasteiger partial charge in [-0.3, -0.25) is 9.89 Å². The third-order valence-corrected chi connectivity index (χ3v) is 9.04. The molecule has 40 heavy (non-hydrogen) atoms. The maximum absolute atomic E-state index is 13.6. The summed E-state index contributed by atoms with van der Waals surface area (Å²) in [5.74, 6) is 1.26. The van der Waals surface area contributed by atoms with Gasteiger partial charge in [-0.2, -0.15) is 4.63 Å². The summed E-state index contributed by atoms with van der Waals surface area (Å²) in [4.78, 5) is 18.1. The molecule has 0 aliphatic carbocycles. The van der Waals surface area contributed by atoms with Crippen molar-refractivity contribution in [2.75, 3.05) is 6.54 Å². The maximum Gasteiger partial charge on any atom is 0.261 e. The second kappa shape index (κ2) is 13.4. The lowest BCUT2D eigenvalue weighted by Gasteiger charge is -2.31. The van der Waals surface area contributed by atoms with E-state index in [-0.39, 0.29) is 22.7 Å². The molecule has 2 atom stereocenters. The summed E-state index contributed by atoms with van der Waals surface area (Å²) in [6, 6.07) is 6.55.